The van der Waals surface area contributed by atoms with Crippen molar-refractivity contribution in [2.24, 2.45) is 5.92 Å². The second kappa shape index (κ2) is 7.46. The lowest BCUT2D eigenvalue weighted by Gasteiger charge is -2.32. The molecule has 1 atom stereocenters. The lowest BCUT2D eigenvalue weighted by molar-refractivity contribution is 0.148. The van der Waals surface area contributed by atoms with Gasteiger partial charge in [-0.15, -0.1) is 0 Å². The van der Waals surface area contributed by atoms with Crippen LogP contribution in [-0.4, -0.2) is 47.8 Å². The van der Waals surface area contributed by atoms with Crippen molar-refractivity contribution in [3.8, 4) is 0 Å². The van der Waals surface area contributed by atoms with E-state index in [0.717, 1.165) is 25.3 Å². The highest BCUT2D eigenvalue weighted by Crippen LogP contribution is 2.29. The van der Waals surface area contributed by atoms with E-state index in [-0.39, 0.29) is 12.1 Å². The summed E-state index contributed by atoms with van der Waals surface area (Å²) in [5.74, 6) is 0.975. The zero-order valence-electron chi connectivity index (χ0n) is 12.7. The van der Waals surface area contributed by atoms with Crippen LogP contribution in [0, 0.1) is 5.92 Å². The summed E-state index contributed by atoms with van der Waals surface area (Å²) in [7, 11) is 0. The summed E-state index contributed by atoms with van der Waals surface area (Å²) in [6.45, 7) is 12.5. The fourth-order valence-corrected chi connectivity index (χ4v) is 2.63. The van der Waals surface area contributed by atoms with E-state index in [0.29, 0.717) is 6.04 Å². The van der Waals surface area contributed by atoms with Crippen molar-refractivity contribution < 1.29 is 5.11 Å². The van der Waals surface area contributed by atoms with Gasteiger partial charge >= 0.3 is 0 Å². The molecule has 1 aliphatic carbocycles. The number of aliphatic hydroxyl groups is 1. The van der Waals surface area contributed by atoms with E-state index >= 15 is 0 Å². The van der Waals surface area contributed by atoms with Crippen LogP contribution in [0.4, 0.5) is 0 Å². The van der Waals surface area contributed by atoms with Crippen LogP contribution in [0.2, 0.25) is 0 Å². The van der Waals surface area contributed by atoms with Crippen molar-refractivity contribution >= 4 is 0 Å². The van der Waals surface area contributed by atoms with Crippen LogP contribution >= 0.6 is 0 Å². The Morgan fingerprint density at radius 2 is 2.06 bits per heavy atom. The molecule has 0 aromatic heterocycles. The van der Waals surface area contributed by atoms with Crippen molar-refractivity contribution in [1.29, 1.82) is 0 Å². The van der Waals surface area contributed by atoms with Gasteiger partial charge in [-0.1, -0.05) is 20.8 Å². The number of nitrogens with one attached hydrogen (secondary N) is 1. The lowest BCUT2D eigenvalue weighted by atomic mass is 9.95. The molecule has 0 aromatic carbocycles. The molecule has 1 saturated carbocycles. The smallest absolute Gasteiger partial charge is 0.0610 e. The van der Waals surface area contributed by atoms with E-state index < -0.39 is 0 Å². The number of hydrogen-bond donors (Lipinski definition) is 2. The first kappa shape index (κ1) is 15.9. The largest absolute Gasteiger partial charge is 0.394 e. The first-order valence-electron chi connectivity index (χ1n) is 7.60. The zero-order chi connectivity index (χ0) is 13.6. The van der Waals surface area contributed by atoms with Gasteiger partial charge in [-0.05, 0) is 51.6 Å². The monoisotopic (exact) mass is 256 g/mol. The summed E-state index contributed by atoms with van der Waals surface area (Å²) in [4.78, 5) is 2.56. The third kappa shape index (κ3) is 6.17. The van der Waals surface area contributed by atoms with Crippen LogP contribution in [0.15, 0.2) is 0 Å². The van der Waals surface area contributed by atoms with Gasteiger partial charge in [0, 0.05) is 18.1 Å². The normalized spacial score (nSPS) is 19.5. The van der Waals surface area contributed by atoms with Crippen molar-refractivity contribution in [2.45, 2.75) is 65.0 Å². The highest BCUT2D eigenvalue weighted by molar-refractivity contribution is 4.84. The van der Waals surface area contributed by atoms with Gasteiger partial charge in [0.1, 0.15) is 0 Å². The second-order valence-electron chi connectivity index (χ2n) is 6.46. The quantitative estimate of drug-likeness (QED) is 0.629. The molecule has 3 nitrogen and oxygen atoms in total. The third-order valence-corrected chi connectivity index (χ3v) is 3.85. The Morgan fingerprint density at radius 3 is 2.50 bits per heavy atom. The predicted molar refractivity (Wildman–Crippen MR) is 77.8 cm³/mol. The number of aliphatic hydroxyl groups excluding tert-OH is 1. The van der Waals surface area contributed by atoms with Gasteiger partial charge in [0.25, 0.3) is 0 Å². The molecule has 0 aliphatic heterocycles. The van der Waals surface area contributed by atoms with E-state index in [2.05, 4.69) is 37.9 Å². The molecule has 1 rings (SSSR count). The molecule has 0 amide bonds. The maximum absolute atomic E-state index is 9.54. The first-order chi connectivity index (χ1) is 8.49. The summed E-state index contributed by atoms with van der Waals surface area (Å²) in [5.41, 5.74) is -0.118. The van der Waals surface area contributed by atoms with Crippen LogP contribution in [0.25, 0.3) is 0 Å². The fourth-order valence-electron chi connectivity index (χ4n) is 2.63. The van der Waals surface area contributed by atoms with Crippen molar-refractivity contribution in [3.05, 3.63) is 0 Å². The second-order valence-corrected chi connectivity index (χ2v) is 6.46. The third-order valence-electron chi connectivity index (χ3n) is 3.85. The Kier molecular flexibility index (Phi) is 6.61. The molecule has 0 aromatic rings. The molecule has 0 saturated heterocycles. The van der Waals surface area contributed by atoms with Gasteiger partial charge in [0.05, 0.1) is 6.61 Å². The molecule has 0 bridgehead atoms. The summed E-state index contributed by atoms with van der Waals surface area (Å²) < 4.78 is 0. The van der Waals surface area contributed by atoms with Crippen molar-refractivity contribution in [3.63, 3.8) is 0 Å². The molecule has 0 spiro atoms. The molecule has 0 heterocycles. The summed E-state index contributed by atoms with van der Waals surface area (Å²) in [6.07, 6.45) is 5.07. The highest BCUT2D eigenvalue weighted by atomic mass is 16.3. The van der Waals surface area contributed by atoms with Gasteiger partial charge in [-0.3, -0.25) is 0 Å². The Bertz CT molecular complexity index is 229. The Labute approximate surface area is 113 Å². The zero-order valence-corrected chi connectivity index (χ0v) is 12.7. The topological polar surface area (TPSA) is 35.5 Å². The molecule has 2 N–H and O–H groups in total. The lowest BCUT2D eigenvalue weighted by Crippen LogP contribution is -2.49. The molecule has 0 radical (unpaired) electrons. The van der Waals surface area contributed by atoms with Crippen molar-refractivity contribution in [2.75, 3.05) is 26.2 Å². The molecule has 3 heteroatoms. The Hall–Kier alpha value is -0.120. The molecule has 18 heavy (non-hydrogen) atoms. The Morgan fingerprint density at radius 1 is 1.39 bits per heavy atom. The van der Waals surface area contributed by atoms with Crippen LogP contribution < -0.4 is 5.32 Å². The standard InChI is InChI=1S/C15H32N2O/c1-5-17(11-14-7-8-14)10-6-9-15(4,12-18)16-13(2)3/h13-14,16,18H,5-12H2,1-4H3. The molecule has 1 unspecified atom stereocenters. The van der Waals surface area contributed by atoms with Crippen LogP contribution in [0.5, 0.6) is 0 Å². The molecular weight excluding hydrogens is 224 g/mol. The maximum atomic E-state index is 9.54. The minimum atomic E-state index is -0.118. The highest BCUT2D eigenvalue weighted by Gasteiger charge is 2.25. The van der Waals surface area contributed by atoms with Crippen molar-refractivity contribution in [1.82, 2.24) is 10.2 Å². The molecule has 1 fully saturated rings. The SMILES string of the molecule is CCN(CCCC(C)(CO)NC(C)C)CC1CC1. The van der Waals surface area contributed by atoms with Gasteiger partial charge in [0.2, 0.25) is 0 Å². The number of rotatable bonds is 10. The number of nitrogens with zero attached hydrogens (tertiary/aromatic N) is 1. The predicted octanol–water partition coefficient (Wildman–Crippen LogP) is 2.25. The van der Waals surface area contributed by atoms with Gasteiger partial charge in [0.15, 0.2) is 0 Å². The van der Waals surface area contributed by atoms with E-state index in [1.807, 2.05) is 0 Å². The molecule has 108 valence electrons. The average Bonchev–Trinajstić information content (AvgIpc) is 3.10. The maximum Gasteiger partial charge on any atom is 0.0610 e. The Balaban J connectivity index is 2.23. The van der Waals surface area contributed by atoms with E-state index in [4.69, 9.17) is 0 Å². The van der Waals surface area contributed by atoms with E-state index in [9.17, 15) is 5.11 Å². The van der Waals surface area contributed by atoms with E-state index in [1.54, 1.807) is 0 Å². The minimum Gasteiger partial charge on any atom is -0.394 e. The van der Waals surface area contributed by atoms with Crippen LogP contribution in [-0.2, 0) is 0 Å². The van der Waals surface area contributed by atoms with Crippen LogP contribution in [0.3, 0.4) is 0 Å². The first-order valence-corrected chi connectivity index (χ1v) is 7.60. The minimum absolute atomic E-state index is 0.118. The van der Waals surface area contributed by atoms with E-state index in [1.165, 1.54) is 25.9 Å². The molecule has 1 aliphatic rings. The van der Waals surface area contributed by atoms with Gasteiger partial charge in [-0.25, -0.2) is 0 Å². The molecular formula is C15H32N2O. The summed E-state index contributed by atoms with van der Waals surface area (Å²) in [5, 5.41) is 13.0. The summed E-state index contributed by atoms with van der Waals surface area (Å²) in [6, 6.07) is 0.427. The number of hydrogen-bond acceptors (Lipinski definition) is 3. The van der Waals surface area contributed by atoms with Gasteiger partial charge in [-0.2, -0.15) is 0 Å². The average molecular weight is 256 g/mol. The van der Waals surface area contributed by atoms with Crippen LogP contribution in [0.1, 0.15) is 53.4 Å². The van der Waals surface area contributed by atoms with Gasteiger partial charge < -0.3 is 15.3 Å². The summed E-state index contributed by atoms with van der Waals surface area (Å²) >= 11 is 0. The fraction of sp³-hybridized carbons (Fsp3) is 1.00.